The molecule has 0 aliphatic rings. The molecule has 0 aliphatic heterocycles. The van der Waals surface area contributed by atoms with E-state index in [9.17, 15) is 35.1 Å². The van der Waals surface area contributed by atoms with Crippen molar-refractivity contribution in [1.82, 2.24) is 0 Å². The summed E-state index contributed by atoms with van der Waals surface area (Å²) >= 11 is 15.6. The van der Waals surface area contributed by atoms with Crippen LogP contribution in [0.5, 0.6) is 0 Å². The van der Waals surface area contributed by atoms with E-state index in [2.05, 4.69) is 4.99 Å². The van der Waals surface area contributed by atoms with Crippen molar-refractivity contribution in [3.63, 3.8) is 0 Å². The van der Waals surface area contributed by atoms with Gasteiger partial charge in [-0.2, -0.15) is 35.1 Å². The monoisotopic (exact) mass is 393 g/mol. The number of rotatable bonds is 2. The third kappa shape index (κ3) is 3.94. The third-order valence-electron chi connectivity index (χ3n) is 2.17. The van der Waals surface area contributed by atoms with Crippen molar-refractivity contribution < 1.29 is 35.1 Å². The molecule has 1 nitrogen and oxygen atoms in total. The fourth-order valence-corrected chi connectivity index (χ4v) is 1.88. The summed E-state index contributed by atoms with van der Waals surface area (Å²) in [5.74, 6) is -5.51. The minimum atomic E-state index is -6.04. The minimum absolute atomic E-state index is 0.266. The van der Waals surface area contributed by atoms with E-state index >= 15 is 0 Å². The molecule has 0 N–H and O–H groups in total. The van der Waals surface area contributed by atoms with Crippen LogP contribution in [0.2, 0.25) is 10.0 Å². The number of alkyl halides is 8. The highest BCUT2D eigenvalue weighted by Crippen LogP contribution is 2.43. The molecule has 0 heterocycles. The Morgan fingerprint density at radius 3 is 1.59 bits per heavy atom. The molecule has 1 aromatic rings. The zero-order valence-electron chi connectivity index (χ0n) is 9.76. The Balaban J connectivity index is 3.39. The molecule has 1 rings (SSSR count). The van der Waals surface area contributed by atoms with E-state index in [1.165, 1.54) is 0 Å². The molecule has 0 amide bonds. The molecule has 0 aromatic heterocycles. The normalized spacial score (nSPS) is 14.4. The number of hydrogen-bond donors (Lipinski definition) is 0. The summed E-state index contributed by atoms with van der Waals surface area (Å²) in [6.07, 6.45) is -10.9. The second-order valence-corrected chi connectivity index (χ2v) is 4.93. The fourth-order valence-electron chi connectivity index (χ4n) is 1.12. The Labute approximate surface area is 132 Å². The van der Waals surface area contributed by atoms with Crippen LogP contribution in [0.25, 0.3) is 0 Å². The molecular formula is C10H2Cl3F8N. The quantitative estimate of drug-likeness (QED) is 0.402. The van der Waals surface area contributed by atoms with Crippen molar-refractivity contribution in [2.75, 3.05) is 0 Å². The van der Waals surface area contributed by atoms with E-state index in [1.807, 2.05) is 0 Å². The fraction of sp³-hybridized carbons (Fsp3) is 0.300. The standard InChI is InChI=1S/C10H2Cl3F8N/c11-4-1-3(9(16,17)18)2-5(12)6(4)22-7(13)8(14,15)10(19,20)21/h1-2H. The van der Waals surface area contributed by atoms with Gasteiger partial charge in [-0.3, -0.25) is 0 Å². The summed E-state index contributed by atoms with van der Waals surface area (Å²) in [4.78, 5) is 2.70. The van der Waals surface area contributed by atoms with E-state index in [-0.39, 0.29) is 12.1 Å². The van der Waals surface area contributed by atoms with Crippen molar-refractivity contribution in [3.8, 4) is 0 Å². The topological polar surface area (TPSA) is 12.4 Å². The zero-order chi connectivity index (χ0) is 17.5. The molecule has 12 heteroatoms. The van der Waals surface area contributed by atoms with Crippen molar-refractivity contribution in [2.24, 2.45) is 4.99 Å². The summed E-state index contributed by atoms with van der Waals surface area (Å²) in [6.45, 7) is 0. The number of halogens is 11. The average Bonchev–Trinajstić information content (AvgIpc) is 2.30. The Morgan fingerprint density at radius 2 is 1.27 bits per heavy atom. The van der Waals surface area contributed by atoms with Gasteiger partial charge in [0.15, 0.2) is 5.17 Å². The highest BCUT2D eigenvalue weighted by atomic mass is 35.5. The molecule has 0 aliphatic carbocycles. The van der Waals surface area contributed by atoms with Crippen LogP contribution in [-0.2, 0) is 6.18 Å². The van der Waals surface area contributed by atoms with Crippen LogP contribution in [0.4, 0.5) is 40.8 Å². The lowest BCUT2D eigenvalue weighted by Gasteiger charge is -2.18. The Morgan fingerprint density at radius 1 is 0.864 bits per heavy atom. The first-order valence-corrected chi connectivity index (χ1v) is 6.06. The molecule has 1 aromatic carbocycles. The largest absolute Gasteiger partial charge is 0.460 e. The van der Waals surface area contributed by atoms with Crippen LogP contribution >= 0.6 is 34.8 Å². The zero-order valence-corrected chi connectivity index (χ0v) is 12.0. The number of benzene rings is 1. The predicted octanol–water partition coefficient (Wildman–Crippen LogP) is 6.48. The maximum absolute atomic E-state index is 12.9. The van der Waals surface area contributed by atoms with Crippen LogP contribution < -0.4 is 0 Å². The van der Waals surface area contributed by atoms with E-state index in [1.54, 1.807) is 0 Å². The lowest BCUT2D eigenvalue weighted by molar-refractivity contribution is -0.248. The molecule has 0 atom stereocenters. The van der Waals surface area contributed by atoms with Gasteiger partial charge in [0, 0.05) is 0 Å². The molecule has 0 saturated carbocycles. The average molecular weight is 394 g/mol. The summed E-state index contributed by atoms with van der Waals surface area (Å²) in [5, 5.41) is -4.02. The van der Waals surface area contributed by atoms with E-state index in [0.717, 1.165) is 0 Å². The number of nitrogens with zero attached hydrogens (tertiary/aromatic N) is 1. The van der Waals surface area contributed by atoms with E-state index in [0.29, 0.717) is 0 Å². The molecule has 0 spiro atoms. The van der Waals surface area contributed by atoms with Crippen LogP contribution in [0.3, 0.4) is 0 Å². The molecule has 0 bridgehead atoms. The molecule has 0 unspecified atom stereocenters. The first kappa shape index (κ1) is 19.2. The summed E-state index contributed by atoms with van der Waals surface area (Å²) in [5.41, 5.74) is -2.27. The lowest BCUT2D eigenvalue weighted by Crippen LogP contribution is -2.41. The third-order valence-corrected chi connectivity index (χ3v) is 3.07. The first-order chi connectivity index (χ1) is 9.68. The van der Waals surface area contributed by atoms with Gasteiger partial charge in [-0.1, -0.05) is 34.8 Å². The molecular weight excluding hydrogens is 392 g/mol. The Hall–Kier alpha value is -0.800. The summed E-state index contributed by atoms with van der Waals surface area (Å²) < 4.78 is 99.3. The van der Waals surface area contributed by atoms with E-state index < -0.39 is 44.7 Å². The number of hydrogen-bond acceptors (Lipinski definition) is 1. The van der Waals surface area contributed by atoms with Gasteiger partial charge in [0.2, 0.25) is 0 Å². The van der Waals surface area contributed by atoms with Crippen LogP contribution in [-0.4, -0.2) is 17.3 Å². The molecule has 22 heavy (non-hydrogen) atoms. The Kier molecular flexibility index (Phi) is 5.26. The van der Waals surface area contributed by atoms with Gasteiger partial charge in [-0.05, 0) is 12.1 Å². The maximum Gasteiger partial charge on any atom is 0.460 e. The maximum atomic E-state index is 12.9. The molecule has 0 saturated heterocycles. The first-order valence-electron chi connectivity index (χ1n) is 4.93. The van der Waals surface area contributed by atoms with Crippen molar-refractivity contribution in [2.45, 2.75) is 18.3 Å². The van der Waals surface area contributed by atoms with Gasteiger partial charge < -0.3 is 0 Å². The summed E-state index contributed by atoms with van der Waals surface area (Å²) in [6, 6.07) is 0.532. The SMILES string of the molecule is FC(F)(F)c1cc(Cl)c(N=C(Cl)C(F)(F)C(F)(F)F)c(Cl)c1. The van der Waals surface area contributed by atoms with Crippen LogP contribution in [0, 0.1) is 0 Å². The van der Waals surface area contributed by atoms with Gasteiger partial charge in [-0.25, -0.2) is 4.99 Å². The van der Waals surface area contributed by atoms with Crippen molar-refractivity contribution >= 4 is 45.7 Å². The van der Waals surface area contributed by atoms with Gasteiger partial charge in [0.05, 0.1) is 15.6 Å². The predicted molar refractivity (Wildman–Crippen MR) is 65.4 cm³/mol. The van der Waals surface area contributed by atoms with Crippen LogP contribution in [0.15, 0.2) is 17.1 Å². The highest BCUT2D eigenvalue weighted by Gasteiger charge is 2.61. The number of aliphatic imine (C=N–C) groups is 1. The second kappa shape index (κ2) is 6.01. The molecule has 0 fully saturated rings. The minimum Gasteiger partial charge on any atom is -0.231 e. The van der Waals surface area contributed by atoms with Crippen molar-refractivity contribution in [3.05, 3.63) is 27.7 Å². The van der Waals surface area contributed by atoms with Gasteiger partial charge in [0.25, 0.3) is 0 Å². The second-order valence-electron chi connectivity index (χ2n) is 3.76. The summed E-state index contributed by atoms with van der Waals surface area (Å²) in [7, 11) is 0. The van der Waals surface area contributed by atoms with E-state index in [4.69, 9.17) is 34.8 Å². The van der Waals surface area contributed by atoms with Crippen molar-refractivity contribution in [1.29, 1.82) is 0 Å². The molecule has 0 radical (unpaired) electrons. The van der Waals surface area contributed by atoms with Gasteiger partial charge in [-0.15, -0.1) is 0 Å². The van der Waals surface area contributed by atoms with Gasteiger partial charge >= 0.3 is 18.3 Å². The smallest absolute Gasteiger partial charge is 0.231 e. The van der Waals surface area contributed by atoms with Gasteiger partial charge in [0.1, 0.15) is 5.69 Å². The highest BCUT2D eigenvalue weighted by molar-refractivity contribution is 6.67. The molecule has 124 valence electrons. The van der Waals surface area contributed by atoms with Crippen LogP contribution in [0.1, 0.15) is 5.56 Å². The lowest BCUT2D eigenvalue weighted by atomic mass is 10.2. The Bertz CT molecular complexity index is 582.